The van der Waals surface area contributed by atoms with Crippen molar-refractivity contribution in [2.24, 2.45) is 28.6 Å². The number of para-hydroxylation sites is 3. The Labute approximate surface area is 256 Å². The molecule has 2 aromatic carbocycles. The van der Waals surface area contributed by atoms with E-state index in [4.69, 9.17) is 9.84 Å². The van der Waals surface area contributed by atoms with Crippen molar-refractivity contribution in [2.75, 3.05) is 6.61 Å². The zero-order valence-electron chi connectivity index (χ0n) is 25.2. The largest absolute Gasteiger partial charge is 0.468 e. The summed E-state index contributed by atoms with van der Waals surface area (Å²) < 4.78 is 7.83. The van der Waals surface area contributed by atoms with Gasteiger partial charge in [-0.15, -0.1) is 0 Å². The summed E-state index contributed by atoms with van der Waals surface area (Å²) in [5.74, 6) is 0.315. The summed E-state index contributed by atoms with van der Waals surface area (Å²) in [6, 6.07) is 17.7. The molecular formula is C36H38N4O4. The van der Waals surface area contributed by atoms with Gasteiger partial charge in [0.15, 0.2) is 6.61 Å². The van der Waals surface area contributed by atoms with Gasteiger partial charge in [-0.05, 0) is 97.6 Å². The molecule has 4 aromatic rings. The number of nitrogens with zero attached hydrogens (tertiary/aromatic N) is 4. The van der Waals surface area contributed by atoms with Crippen LogP contribution in [0.1, 0.15) is 57.2 Å². The normalized spacial score (nSPS) is 34.0. The summed E-state index contributed by atoms with van der Waals surface area (Å²) in [5.41, 5.74) is 3.68. The van der Waals surface area contributed by atoms with Crippen LogP contribution in [0.2, 0.25) is 0 Å². The number of aliphatic hydroxyl groups excluding tert-OH is 1. The van der Waals surface area contributed by atoms with E-state index in [0.29, 0.717) is 18.4 Å². The highest BCUT2D eigenvalue weighted by Gasteiger charge is 2.68. The summed E-state index contributed by atoms with van der Waals surface area (Å²) in [5, 5.41) is 28.8. The van der Waals surface area contributed by atoms with E-state index in [2.05, 4.69) is 35.1 Å². The van der Waals surface area contributed by atoms with E-state index in [9.17, 15) is 15.0 Å². The smallest absolute Gasteiger partial charge is 0.233 e. The molecule has 3 saturated carbocycles. The highest BCUT2D eigenvalue weighted by Crippen LogP contribution is 2.67. The molecule has 0 radical (unpaired) electrons. The summed E-state index contributed by atoms with van der Waals surface area (Å²) in [4.78, 5) is 22.6. The van der Waals surface area contributed by atoms with E-state index in [0.717, 1.165) is 42.6 Å². The van der Waals surface area contributed by atoms with Crippen LogP contribution in [0.3, 0.4) is 0 Å². The number of carbonyl (C=O) groups excluding carboxylic acids is 1. The SMILES string of the molecule is CC12Cc3cnn(-c4ccccc4)c3C=C1CCC1C2[C@@H](O)CC2(C)C1CC[C@]2(O)C(=O)COc1cnc2ccccc2n1. The van der Waals surface area contributed by atoms with Gasteiger partial charge in [0.05, 0.1) is 40.9 Å². The molecule has 2 N–H and O–H groups in total. The molecule has 5 unspecified atom stereocenters. The molecule has 44 heavy (non-hydrogen) atoms. The van der Waals surface area contributed by atoms with Crippen LogP contribution < -0.4 is 4.74 Å². The van der Waals surface area contributed by atoms with Crippen LogP contribution in [0.25, 0.3) is 22.8 Å². The molecular weight excluding hydrogens is 552 g/mol. The van der Waals surface area contributed by atoms with Gasteiger partial charge < -0.3 is 14.9 Å². The number of rotatable bonds is 5. The van der Waals surface area contributed by atoms with E-state index in [1.165, 1.54) is 17.3 Å². The maximum absolute atomic E-state index is 13.8. The van der Waals surface area contributed by atoms with Crippen molar-refractivity contribution in [3.63, 3.8) is 0 Å². The van der Waals surface area contributed by atoms with E-state index < -0.39 is 17.1 Å². The molecule has 0 spiro atoms. The molecule has 4 aliphatic carbocycles. The maximum atomic E-state index is 13.8. The Bertz CT molecular complexity index is 1800. The number of hydrogen-bond donors (Lipinski definition) is 2. The second-order valence-corrected chi connectivity index (χ2v) is 13.9. The van der Waals surface area contributed by atoms with Crippen LogP contribution in [0, 0.1) is 28.6 Å². The Morgan fingerprint density at radius 3 is 2.64 bits per heavy atom. The number of Topliss-reactive ketones (excluding diaryl/α,β-unsaturated/α-hetero) is 1. The fraction of sp³-hybridized carbons (Fsp3) is 0.444. The zero-order chi connectivity index (χ0) is 30.3. The molecule has 0 amide bonds. The van der Waals surface area contributed by atoms with Crippen molar-refractivity contribution in [3.8, 4) is 11.6 Å². The number of aliphatic hydroxyl groups is 2. The molecule has 226 valence electrons. The van der Waals surface area contributed by atoms with Gasteiger partial charge in [0.1, 0.15) is 5.60 Å². The van der Waals surface area contributed by atoms with E-state index >= 15 is 0 Å². The Morgan fingerprint density at radius 2 is 1.82 bits per heavy atom. The van der Waals surface area contributed by atoms with Crippen molar-refractivity contribution in [3.05, 3.63) is 83.8 Å². The fourth-order valence-corrected chi connectivity index (χ4v) is 9.69. The number of benzene rings is 2. The molecule has 8 heteroatoms. The Balaban J connectivity index is 1.04. The topological polar surface area (TPSA) is 110 Å². The minimum Gasteiger partial charge on any atom is -0.468 e. The van der Waals surface area contributed by atoms with Gasteiger partial charge in [0.25, 0.3) is 0 Å². The number of carbonyl (C=O) groups is 1. The number of allylic oxidation sites excluding steroid dienone is 1. The lowest BCUT2D eigenvalue weighted by Gasteiger charge is -2.60. The standard InChI is InChI=1S/C36H38N4O4/c1-34-17-22-19-38-40(24-8-4-3-5-9-24)29(22)16-23(34)12-13-25-26-14-15-36(43,35(26,2)18-30(41)33(25)34)31(42)21-44-32-20-37-27-10-6-7-11-28(27)39-32/h3-11,16,19-20,25-26,30,33,41,43H,12-15,17-18,21H2,1-2H3/t25?,26?,30-,33?,34?,35?,36-/m0/s1. The molecule has 2 aromatic heterocycles. The minimum atomic E-state index is -1.57. The summed E-state index contributed by atoms with van der Waals surface area (Å²) >= 11 is 0. The van der Waals surface area contributed by atoms with Gasteiger partial charge in [-0.3, -0.25) is 4.79 Å². The molecule has 8 nitrogen and oxygen atoms in total. The van der Waals surface area contributed by atoms with Gasteiger partial charge >= 0.3 is 0 Å². The molecule has 8 rings (SSSR count). The molecule has 4 aliphatic rings. The van der Waals surface area contributed by atoms with Crippen LogP contribution >= 0.6 is 0 Å². The Kier molecular flexibility index (Phi) is 6.17. The third-order valence-electron chi connectivity index (χ3n) is 11.8. The van der Waals surface area contributed by atoms with Gasteiger partial charge in [0.2, 0.25) is 11.7 Å². The van der Waals surface area contributed by atoms with Crippen molar-refractivity contribution in [1.82, 2.24) is 19.7 Å². The zero-order valence-corrected chi connectivity index (χ0v) is 25.2. The van der Waals surface area contributed by atoms with Crippen LogP contribution in [-0.4, -0.2) is 54.1 Å². The molecule has 0 saturated heterocycles. The van der Waals surface area contributed by atoms with Crippen molar-refractivity contribution >= 4 is 22.9 Å². The van der Waals surface area contributed by atoms with Crippen molar-refractivity contribution in [1.29, 1.82) is 0 Å². The first-order valence-electron chi connectivity index (χ1n) is 15.8. The Hall–Kier alpha value is -3.88. The van der Waals surface area contributed by atoms with E-state index in [1.807, 2.05) is 60.3 Å². The lowest BCUT2D eigenvalue weighted by atomic mass is 9.45. The van der Waals surface area contributed by atoms with Crippen LogP contribution in [0.15, 0.2) is 72.6 Å². The number of ketones is 1. The second-order valence-electron chi connectivity index (χ2n) is 13.9. The minimum absolute atomic E-state index is 0.0513. The predicted molar refractivity (Wildman–Crippen MR) is 166 cm³/mol. The molecule has 0 aliphatic heterocycles. The maximum Gasteiger partial charge on any atom is 0.233 e. The highest BCUT2D eigenvalue weighted by atomic mass is 16.5. The van der Waals surface area contributed by atoms with E-state index in [-0.39, 0.29) is 41.4 Å². The van der Waals surface area contributed by atoms with Crippen LogP contribution in [0.4, 0.5) is 0 Å². The monoisotopic (exact) mass is 590 g/mol. The molecule has 2 heterocycles. The average molecular weight is 591 g/mol. The number of hydrogen-bond acceptors (Lipinski definition) is 7. The quantitative estimate of drug-likeness (QED) is 0.323. The molecule has 3 fully saturated rings. The number of aromatic nitrogens is 4. The van der Waals surface area contributed by atoms with Gasteiger partial charge in [-0.1, -0.05) is 49.8 Å². The average Bonchev–Trinajstić information content (AvgIpc) is 3.55. The van der Waals surface area contributed by atoms with Gasteiger partial charge in [0, 0.05) is 5.41 Å². The summed E-state index contributed by atoms with van der Waals surface area (Å²) in [6.07, 6.45) is 9.40. The van der Waals surface area contributed by atoms with Crippen LogP contribution in [0.5, 0.6) is 5.88 Å². The third-order valence-corrected chi connectivity index (χ3v) is 11.8. The van der Waals surface area contributed by atoms with Crippen molar-refractivity contribution < 1.29 is 19.7 Å². The van der Waals surface area contributed by atoms with Gasteiger partial charge in [-0.2, -0.15) is 5.10 Å². The lowest BCUT2D eigenvalue weighted by molar-refractivity contribution is -0.180. The number of ether oxygens (including phenoxy) is 1. The van der Waals surface area contributed by atoms with E-state index in [1.54, 1.807) is 0 Å². The van der Waals surface area contributed by atoms with Crippen LogP contribution in [-0.2, 0) is 11.2 Å². The third kappa shape index (κ3) is 3.90. The second kappa shape index (κ2) is 9.81. The molecule has 7 atom stereocenters. The first-order valence-corrected chi connectivity index (χ1v) is 15.8. The van der Waals surface area contributed by atoms with Gasteiger partial charge in [-0.25, -0.2) is 14.6 Å². The Morgan fingerprint density at radius 1 is 1.05 bits per heavy atom. The first kappa shape index (κ1) is 27.7. The lowest BCUT2D eigenvalue weighted by Crippen LogP contribution is -2.62. The summed E-state index contributed by atoms with van der Waals surface area (Å²) in [6.45, 7) is 4.05. The number of fused-ring (bicyclic) bond motifs is 7. The highest BCUT2D eigenvalue weighted by molar-refractivity contribution is 5.90. The first-order chi connectivity index (χ1) is 21.2. The van der Waals surface area contributed by atoms with Crippen molar-refractivity contribution in [2.45, 2.75) is 64.1 Å². The summed E-state index contributed by atoms with van der Waals surface area (Å²) in [7, 11) is 0. The fourth-order valence-electron chi connectivity index (χ4n) is 9.69. The molecule has 0 bridgehead atoms. The predicted octanol–water partition coefficient (Wildman–Crippen LogP) is 5.35.